The molecule has 4 nitrogen and oxygen atoms in total. The first-order valence-corrected chi connectivity index (χ1v) is 10.1. The Labute approximate surface area is 155 Å². The number of para-hydroxylation sites is 1. The highest BCUT2D eigenvalue weighted by Gasteiger charge is 2.22. The molecule has 26 heavy (non-hydrogen) atoms. The van der Waals surface area contributed by atoms with Gasteiger partial charge in [-0.05, 0) is 35.6 Å². The van der Waals surface area contributed by atoms with Gasteiger partial charge in [-0.2, -0.15) is 0 Å². The van der Waals surface area contributed by atoms with Gasteiger partial charge in [-0.1, -0.05) is 63.2 Å². The number of hydrogen-bond donors (Lipinski definition) is 1. The maximum atomic E-state index is 12.9. The Balaban J connectivity index is 1.89. The van der Waals surface area contributed by atoms with E-state index in [-0.39, 0.29) is 16.4 Å². The highest BCUT2D eigenvalue weighted by molar-refractivity contribution is 7.89. The Morgan fingerprint density at radius 2 is 1.62 bits per heavy atom. The van der Waals surface area contributed by atoms with Crippen molar-refractivity contribution in [1.29, 1.82) is 0 Å². The van der Waals surface area contributed by atoms with Crippen LogP contribution < -0.4 is 4.72 Å². The second kappa shape index (κ2) is 6.82. The van der Waals surface area contributed by atoms with Gasteiger partial charge in [0.2, 0.25) is 10.0 Å². The second-order valence-electron chi connectivity index (χ2n) is 7.55. The first-order chi connectivity index (χ1) is 12.2. The molecule has 0 aliphatic carbocycles. The highest BCUT2D eigenvalue weighted by Crippen LogP contribution is 2.26. The number of pyridine rings is 1. The van der Waals surface area contributed by atoms with E-state index in [1.807, 2.05) is 31.2 Å². The van der Waals surface area contributed by atoms with Crippen molar-refractivity contribution in [1.82, 2.24) is 9.71 Å². The van der Waals surface area contributed by atoms with Gasteiger partial charge in [-0.25, -0.2) is 13.1 Å². The molecule has 0 radical (unpaired) electrons. The number of aromatic nitrogens is 1. The normalized spacial score (nSPS) is 13.7. The van der Waals surface area contributed by atoms with Crippen molar-refractivity contribution >= 4 is 20.9 Å². The minimum atomic E-state index is -3.69. The summed E-state index contributed by atoms with van der Waals surface area (Å²) in [4.78, 5) is 4.45. The molecule has 3 rings (SSSR count). The van der Waals surface area contributed by atoms with Gasteiger partial charge < -0.3 is 0 Å². The lowest BCUT2D eigenvalue weighted by atomic mass is 9.86. The predicted octanol–water partition coefficient (Wildman–Crippen LogP) is 4.57. The molecule has 1 aromatic heterocycles. The fraction of sp³-hybridized carbons (Fsp3) is 0.286. The average molecular weight is 369 g/mol. The summed E-state index contributed by atoms with van der Waals surface area (Å²) in [5.74, 6) is 0. The topological polar surface area (TPSA) is 59.1 Å². The number of benzene rings is 2. The maximum Gasteiger partial charge on any atom is 0.243 e. The zero-order valence-corrected chi connectivity index (χ0v) is 16.3. The Bertz CT molecular complexity index is 1010. The number of fused-ring (bicyclic) bond motifs is 1. The Morgan fingerprint density at radius 3 is 2.27 bits per heavy atom. The van der Waals surface area contributed by atoms with Crippen LogP contribution in [0.15, 0.2) is 65.7 Å². The zero-order chi connectivity index (χ0) is 18.9. The van der Waals surface area contributed by atoms with E-state index in [0.29, 0.717) is 5.52 Å². The number of rotatable bonds is 4. The SMILES string of the molecule is CC(NS(=O)(=O)c1cccc2cccnc12)c1ccc(C(C)(C)C)cc1. The molecule has 0 saturated heterocycles. The van der Waals surface area contributed by atoms with Crippen LogP contribution in [0.3, 0.4) is 0 Å². The van der Waals surface area contributed by atoms with Crippen molar-refractivity contribution in [3.8, 4) is 0 Å². The van der Waals surface area contributed by atoms with Gasteiger partial charge >= 0.3 is 0 Å². The molecule has 0 fully saturated rings. The van der Waals surface area contributed by atoms with Gasteiger partial charge in [0, 0.05) is 17.6 Å². The summed E-state index contributed by atoms with van der Waals surface area (Å²) in [5, 5.41) is 0.803. The van der Waals surface area contributed by atoms with Crippen molar-refractivity contribution in [2.45, 2.75) is 44.0 Å². The molecule has 1 unspecified atom stereocenters. The van der Waals surface area contributed by atoms with Crippen LogP contribution in [-0.4, -0.2) is 13.4 Å². The van der Waals surface area contributed by atoms with E-state index in [2.05, 4.69) is 42.6 Å². The van der Waals surface area contributed by atoms with Crippen LogP contribution in [0.25, 0.3) is 10.9 Å². The first-order valence-electron chi connectivity index (χ1n) is 8.65. The maximum absolute atomic E-state index is 12.9. The molecule has 5 heteroatoms. The standard InChI is InChI=1S/C21H24N2O2S/c1-15(16-10-12-18(13-11-16)21(2,3)4)23-26(24,25)19-9-5-7-17-8-6-14-22-20(17)19/h5-15,23H,1-4H3. The third-order valence-corrected chi connectivity index (χ3v) is 6.07. The van der Waals surface area contributed by atoms with Crippen LogP contribution in [0.2, 0.25) is 0 Å². The summed E-state index contributed by atoms with van der Waals surface area (Å²) in [6, 6.07) is 16.6. The van der Waals surface area contributed by atoms with Crippen LogP contribution >= 0.6 is 0 Å². The summed E-state index contributed by atoms with van der Waals surface area (Å²) < 4.78 is 28.6. The number of sulfonamides is 1. The second-order valence-corrected chi connectivity index (χ2v) is 9.23. The quantitative estimate of drug-likeness (QED) is 0.734. The van der Waals surface area contributed by atoms with E-state index >= 15 is 0 Å². The monoisotopic (exact) mass is 368 g/mol. The number of nitrogens with one attached hydrogen (secondary N) is 1. The van der Waals surface area contributed by atoms with Crippen LogP contribution in [0.1, 0.15) is 44.9 Å². The first kappa shape index (κ1) is 18.5. The summed E-state index contributed by atoms with van der Waals surface area (Å²) >= 11 is 0. The van der Waals surface area contributed by atoms with Crippen LogP contribution in [0, 0.1) is 0 Å². The van der Waals surface area contributed by atoms with E-state index in [1.165, 1.54) is 5.56 Å². The fourth-order valence-corrected chi connectivity index (χ4v) is 4.34. The molecule has 0 amide bonds. The van der Waals surface area contributed by atoms with Gasteiger partial charge in [-0.3, -0.25) is 4.98 Å². The largest absolute Gasteiger partial charge is 0.255 e. The fourth-order valence-electron chi connectivity index (χ4n) is 2.93. The molecule has 1 N–H and O–H groups in total. The van der Waals surface area contributed by atoms with E-state index in [4.69, 9.17) is 0 Å². The van der Waals surface area contributed by atoms with Gasteiger partial charge in [0.05, 0.1) is 5.52 Å². The third kappa shape index (κ3) is 3.79. The van der Waals surface area contributed by atoms with Crippen molar-refractivity contribution in [3.05, 3.63) is 71.9 Å². The Hall–Kier alpha value is -2.24. The summed E-state index contributed by atoms with van der Waals surface area (Å²) in [6.45, 7) is 8.31. The minimum Gasteiger partial charge on any atom is -0.255 e. The predicted molar refractivity (Wildman–Crippen MR) is 106 cm³/mol. The summed E-state index contributed by atoms with van der Waals surface area (Å²) in [7, 11) is -3.69. The molecule has 0 aliphatic heterocycles. The smallest absolute Gasteiger partial charge is 0.243 e. The van der Waals surface area contributed by atoms with Gasteiger partial charge in [0.15, 0.2) is 0 Å². The van der Waals surface area contributed by atoms with Crippen LogP contribution in [-0.2, 0) is 15.4 Å². The van der Waals surface area contributed by atoms with E-state index in [0.717, 1.165) is 10.9 Å². The number of nitrogens with zero attached hydrogens (tertiary/aromatic N) is 1. The van der Waals surface area contributed by atoms with Gasteiger partial charge in [-0.15, -0.1) is 0 Å². The molecule has 2 aromatic carbocycles. The minimum absolute atomic E-state index is 0.0654. The molecule has 0 aliphatic rings. The van der Waals surface area contributed by atoms with Crippen LogP contribution in [0.4, 0.5) is 0 Å². The average Bonchev–Trinajstić information content (AvgIpc) is 2.60. The highest BCUT2D eigenvalue weighted by atomic mass is 32.2. The van der Waals surface area contributed by atoms with Crippen LogP contribution in [0.5, 0.6) is 0 Å². The van der Waals surface area contributed by atoms with Crippen molar-refractivity contribution in [3.63, 3.8) is 0 Å². The Morgan fingerprint density at radius 1 is 0.962 bits per heavy atom. The van der Waals surface area contributed by atoms with E-state index in [9.17, 15) is 8.42 Å². The molecule has 3 aromatic rings. The third-order valence-electron chi connectivity index (χ3n) is 4.49. The molecule has 1 heterocycles. The lowest BCUT2D eigenvalue weighted by Gasteiger charge is -2.21. The molecular weight excluding hydrogens is 344 g/mol. The van der Waals surface area contributed by atoms with Gasteiger partial charge in [0.1, 0.15) is 4.90 Å². The molecule has 1 atom stereocenters. The van der Waals surface area contributed by atoms with E-state index in [1.54, 1.807) is 24.4 Å². The van der Waals surface area contributed by atoms with Crippen molar-refractivity contribution in [2.24, 2.45) is 0 Å². The van der Waals surface area contributed by atoms with Gasteiger partial charge in [0.25, 0.3) is 0 Å². The lowest BCUT2D eigenvalue weighted by molar-refractivity contribution is 0.566. The molecule has 0 bridgehead atoms. The molecule has 0 saturated carbocycles. The molecule has 0 spiro atoms. The Kier molecular flexibility index (Phi) is 4.86. The van der Waals surface area contributed by atoms with E-state index < -0.39 is 10.0 Å². The summed E-state index contributed by atoms with van der Waals surface area (Å²) in [6.07, 6.45) is 1.61. The zero-order valence-electron chi connectivity index (χ0n) is 15.5. The lowest BCUT2D eigenvalue weighted by Crippen LogP contribution is -2.27. The summed E-state index contributed by atoms with van der Waals surface area (Å²) in [5.41, 5.74) is 2.69. The number of hydrogen-bond acceptors (Lipinski definition) is 3. The van der Waals surface area contributed by atoms with Crippen molar-refractivity contribution < 1.29 is 8.42 Å². The van der Waals surface area contributed by atoms with Crippen molar-refractivity contribution in [2.75, 3.05) is 0 Å². The molecular formula is C21H24N2O2S. The molecule has 136 valence electrons.